The summed E-state index contributed by atoms with van der Waals surface area (Å²) < 4.78 is 45.5. The maximum atomic E-state index is 14.1. The molecule has 0 aromatic heterocycles. The summed E-state index contributed by atoms with van der Waals surface area (Å²) in [5.74, 6) is -0.623. The summed E-state index contributed by atoms with van der Waals surface area (Å²) >= 11 is 8.20. The number of ether oxygens (including phenoxy) is 1. The Morgan fingerprint density at radius 1 is 1.29 bits per heavy atom. The zero-order chi connectivity index (χ0) is 22.6. The van der Waals surface area contributed by atoms with Gasteiger partial charge in [0.1, 0.15) is 10.6 Å². The van der Waals surface area contributed by atoms with Gasteiger partial charge >= 0.3 is 6.09 Å². The van der Waals surface area contributed by atoms with Crippen molar-refractivity contribution in [3.63, 3.8) is 0 Å². The lowest BCUT2D eigenvalue weighted by Crippen LogP contribution is -2.52. The lowest BCUT2D eigenvalue weighted by atomic mass is 9.78. The smallest absolute Gasteiger partial charge is 0.411 e. The SMILES string of the molecule is CC(C)(I)OC(=O)N1CCC2(S(=O)(=O)c3cccc(F)c3)c3ccc(Cl)cc3CCC12. The molecule has 1 aliphatic carbocycles. The second-order valence-corrected chi connectivity index (χ2v) is 13.6. The molecule has 166 valence electrons. The highest BCUT2D eigenvalue weighted by molar-refractivity contribution is 14.1. The fraction of sp³-hybridized carbons (Fsp3) is 0.409. The van der Waals surface area contributed by atoms with Crippen LogP contribution in [0.15, 0.2) is 47.4 Å². The number of rotatable bonds is 3. The summed E-state index contributed by atoms with van der Waals surface area (Å²) in [5, 5.41) is 0.524. The average molecular weight is 578 g/mol. The third-order valence-corrected chi connectivity index (χ3v) is 8.98. The molecule has 0 bridgehead atoms. The van der Waals surface area contributed by atoms with Gasteiger partial charge in [0.25, 0.3) is 0 Å². The molecular weight excluding hydrogens is 556 g/mol. The second kappa shape index (κ2) is 7.88. The van der Waals surface area contributed by atoms with Gasteiger partial charge in [0.05, 0.1) is 10.9 Å². The molecule has 2 aromatic rings. The molecule has 0 spiro atoms. The highest BCUT2D eigenvalue weighted by Crippen LogP contribution is 2.53. The van der Waals surface area contributed by atoms with Crippen molar-refractivity contribution in [2.75, 3.05) is 6.54 Å². The molecule has 0 saturated carbocycles. The predicted molar refractivity (Wildman–Crippen MR) is 125 cm³/mol. The lowest BCUT2D eigenvalue weighted by Gasteiger charge is -2.42. The van der Waals surface area contributed by atoms with E-state index in [4.69, 9.17) is 16.3 Å². The Bertz CT molecular complexity index is 1150. The van der Waals surface area contributed by atoms with Crippen molar-refractivity contribution in [3.05, 3.63) is 64.4 Å². The van der Waals surface area contributed by atoms with Crippen LogP contribution < -0.4 is 0 Å². The molecule has 1 fully saturated rings. The molecule has 9 heteroatoms. The minimum absolute atomic E-state index is 0.0928. The molecule has 1 heterocycles. The Morgan fingerprint density at radius 3 is 2.71 bits per heavy atom. The second-order valence-electron chi connectivity index (χ2n) is 8.38. The summed E-state index contributed by atoms with van der Waals surface area (Å²) in [4.78, 5) is 14.4. The Hall–Kier alpha value is -1.39. The summed E-state index contributed by atoms with van der Waals surface area (Å²) in [6.07, 6.45) is 0.678. The number of nitrogens with zero attached hydrogens (tertiary/aromatic N) is 1. The highest BCUT2D eigenvalue weighted by Gasteiger charge is 2.61. The largest absolute Gasteiger partial charge is 0.433 e. The lowest BCUT2D eigenvalue weighted by molar-refractivity contribution is 0.0624. The van der Waals surface area contributed by atoms with E-state index in [0.717, 1.165) is 11.6 Å². The van der Waals surface area contributed by atoms with Crippen molar-refractivity contribution in [2.45, 2.75) is 52.4 Å². The number of aryl methyl sites for hydroxylation is 1. The van der Waals surface area contributed by atoms with Crippen LogP contribution in [0.5, 0.6) is 0 Å². The van der Waals surface area contributed by atoms with Crippen LogP contribution >= 0.6 is 34.2 Å². The van der Waals surface area contributed by atoms with Crippen LogP contribution in [-0.4, -0.2) is 35.6 Å². The van der Waals surface area contributed by atoms with Crippen LogP contribution in [-0.2, 0) is 25.7 Å². The highest BCUT2D eigenvalue weighted by atomic mass is 127. The fourth-order valence-corrected chi connectivity index (χ4v) is 7.61. The van der Waals surface area contributed by atoms with E-state index in [2.05, 4.69) is 0 Å². The molecule has 2 aliphatic rings. The quantitative estimate of drug-likeness (QED) is 0.358. The van der Waals surface area contributed by atoms with E-state index in [0.29, 0.717) is 23.4 Å². The van der Waals surface area contributed by atoms with E-state index >= 15 is 0 Å². The molecule has 1 aliphatic heterocycles. The molecule has 2 atom stereocenters. The van der Waals surface area contributed by atoms with Gasteiger partial charge in [-0.15, -0.1) is 0 Å². The molecule has 31 heavy (non-hydrogen) atoms. The first kappa shape index (κ1) is 22.8. The van der Waals surface area contributed by atoms with Crippen LogP contribution in [0, 0.1) is 5.82 Å². The van der Waals surface area contributed by atoms with E-state index in [1.807, 2.05) is 22.6 Å². The van der Waals surface area contributed by atoms with Gasteiger partial charge in [-0.1, -0.05) is 23.7 Å². The van der Waals surface area contributed by atoms with E-state index in [9.17, 15) is 17.6 Å². The van der Waals surface area contributed by atoms with Gasteiger partial charge in [-0.2, -0.15) is 0 Å². The number of amides is 1. The first-order chi connectivity index (χ1) is 14.5. The number of carbonyl (C=O) groups excluding carboxylic acids is 1. The van der Waals surface area contributed by atoms with Crippen LogP contribution in [0.4, 0.5) is 9.18 Å². The number of carbonyl (C=O) groups is 1. The van der Waals surface area contributed by atoms with E-state index in [-0.39, 0.29) is 17.9 Å². The molecule has 0 N–H and O–H groups in total. The third-order valence-electron chi connectivity index (χ3n) is 6.00. The molecule has 1 saturated heterocycles. The molecule has 5 nitrogen and oxygen atoms in total. The van der Waals surface area contributed by atoms with Gasteiger partial charge in [0.15, 0.2) is 13.4 Å². The molecule has 4 rings (SSSR count). The predicted octanol–water partition coefficient (Wildman–Crippen LogP) is 5.48. The van der Waals surface area contributed by atoms with Gasteiger partial charge in [-0.3, -0.25) is 0 Å². The zero-order valence-corrected chi connectivity index (χ0v) is 20.8. The third kappa shape index (κ3) is 3.84. The van der Waals surface area contributed by atoms with Crippen molar-refractivity contribution in [3.8, 4) is 0 Å². The summed E-state index contributed by atoms with van der Waals surface area (Å²) in [6, 6.07) is 9.61. The molecule has 0 radical (unpaired) electrons. The van der Waals surface area contributed by atoms with Crippen molar-refractivity contribution >= 4 is 50.1 Å². The number of benzene rings is 2. The van der Waals surface area contributed by atoms with Gasteiger partial charge in [-0.05, 0) is 97.2 Å². The summed E-state index contributed by atoms with van der Waals surface area (Å²) in [7, 11) is -4.05. The Morgan fingerprint density at radius 2 is 2.03 bits per heavy atom. The zero-order valence-electron chi connectivity index (χ0n) is 17.1. The molecular formula is C22H22ClFINO4S. The monoisotopic (exact) mass is 577 g/mol. The first-order valence-corrected chi connectivity index (χ1v) is 12.9. The topological polar surface area (TPSA) is 63.7 Å². The molecule has 2 aromatic carbocycles. The average Bonchev–Trinajstić information content (AvgIpc) is 3.08. The molecule has 2 unspecified atom stereocenters. The maximum Gasteiger partial charge on any atom is 0.411 e. The summed E-state index contributed by atoms with van der Waals surface area (Å²) in [6.45, 7) is 3.75. The normalized spacial score (nSPS) is 23.3. The van der Waals surface area contributed by atoms with Gasteiger partial charge in [0, 0.05) is 11.6 Å². The minimum Gasteiger partial charge on any atom is -0.433 e. The number of likely N-dealkylation sites (tertiary alicyclic amines) is 1. The fourth-order valence-electron chi connectivity index (χ4n) is 4.83. The summed E-state index contributed by atoms with van der Waals surface area (Å²) in [5.41, 5.74) is 1.47. The standard InChI is InChI=1S/C22H22ClFINO4S/c1-21(2,25)30-20(27)26-11-10-22(31(28,29)17-5-3-4-16(24)13-17)18-8-7-15(23)12-14(18)6-9-19(22)26/h3-5,7-8,12-13,19H,6,9-11H2,1-2H3. The van der Waals surface area contributed by atoms with Crippen LogP contribution in [0.25, 0.3) is 0 Å². The van der Waals surface area contributed by atoms with Crippen molar-refractivity contribution in [1.82, 2.24) is 4.90 Å². The van der Waals surface area contributed by atoms with E-state index < -0.39 is 36.1 Å². The maximum absolute atomic E-state index is 14.1. The number of halogens is 3. The van der Waals surface area contributed by atoms with Crippen LogP contribution in [0.3, 0.4) is 0 Å². The first-order valence-electron chi connectivity index (χ1n) is 9.93. The number of sulfone groups is 1. The number of hydrogen-bond donors (Lipinski definition) is 0. The Labute approximate surface area is 200 Å². The number of alkyl halides is 1. The van der Waals surface area contributed by atoms with E-state index in [1.165, 1.54) is 23.1 Å². The van der Waals surface area contributed by atoms with Crippen LogP contribution in [0.1, 0.15) is 37.8 Å². The number of fused-ring (bicyclic) bond motifs is 3. The Balaban J connectivity index is 1.89. The van der Waals surface area contributed by atoms with Gasteiger partial charge < -0.3 is 9.64 Å². The molecule has 1 amide bonds. The van der Waals surface area contributed by atoms with Crippen molar-refractivity contribution < 1.29 is 22.3 Å². The van der Waals surface area contributed by atoms with Crippen LogP contribution in [0.2, 0.25) is 5.02 Å². The van der Waals surface area contributed by atoms with Crippen molar-refractivity contribution in [1.29, 1.82) is 0 Å². The van der Waals surface area contributed by atoms with Gasteiger partial charge in [-0.25, -0.2) is 17.6 Å². The Kier molecular flexibility index (Phi) is 5.79. The number of hydrogen-bond acceptors (Lipinski definition) is 4. The van der Waals surface area contributed by atoms with E-state index in [1.54, 1.807) is 32.0 Å². The van der Waals surface area contributed by atoms with Gasteiger partial charge in [0.2, 0.25) is 0 Å². The minimum atomic E-state index is -4.05. The van der Waals surface area contributed by atoms with Crippen molar-refractivity contribution in [2.24, 2.45) is 0 Å².